The Balaban J connectivity index is 1.42. The Hall–Kier alpha value is -2.88. The highest BCUT2D eigenvalue weighted by atomic mass is 16.2. The molecule has 0 spiro atoms. The van der Waals surface area contributed by atoms with Gasteiger partial charge >= 0.3 is 0 Å². The van der Waals surface area contributed by atoms with E-state index in [9.17, 15) is 4.79 Å². The second-order valence-electron chi connectivity index (χ2n) is 6.88. The van der Waals surface area contributed by atoms with E-state index in [-0.39, 0.29) is 5.91 Å². The van der Waals surface area contributed by atoms with Crippen LogP contribution in [0, 0.1) is 6.92 Å². The number of pyridine rings is 1. The van der Waals surface area contributed by atoms with Gasteiger partial charge in [0.15, 0.2) is 0 Å². The zero-order chi connectivity index (χ0) is 17.9. The first kappa shape index (κ1) is 16.6. The van der Waals surface area contributed by atoms with Crippen molar-refractivity contribution in [3.63, 3.8) is 0 Å². The lowest BCUT2D eigenvalue weighted by molar-refractivity contribution is -0.130. The van der Waals surface area contributed by atoms with Crippen molar-refractivity contribution in [1.29, 1.82) is 0 Å². The Labute approximate surface area is 154 Å². The molecule has 1 fully saturated rings. The Kier molecular flexibility index (Phi) is 4.57. The van der Waals surface area contributed by atoms with Crippen molar-refractivity contribution < 1.29 is 4.79 Å². The average Bonchev–Trinajstić information content (AvgIpc) is 2.69. The fourth-order valence-corrected chi connectivity index (χ4v) is 3.53. The third kappa shape index (κ3) is 3.40. The highest BCUT2D eigenvalue weighted by Crippen LogP contribution is 2.25. The van der Waals surface area contributed by atoms with Gasteiger partial charge in [0, 0.05) is 37.8 Å². The first-order valence-electron chi connectivity index (χ1n) is 9.13. The van der Waals surface area contributed by atoms with E-state index in [0.717, 1.165) is 48.3 Å². The number of amides is 1. The summed E-state index contributed by atoms with van der Waals surface area (Å²) in [4.78, 5) is 21.5. The van der Waals surface area contributed by atoms with Gasteiger partial charge in [-0.25, -0.2) is 0 Å². The van der Waals surface area contributed by atoms with E-state index in [4.69, 9.17) is 0 Å². The number of hydrogen-bond donors (Lipinski definition) is 0. The zero-order valence-electron chi connectivity index (χ0n) is 15.1. The van der Waals surface area contributed by atoms with Crippen molar-refractivity contribution in [3.05, 3.63) is 71.9 Å². The molecule has 2 heterocycles. The predicted molar refractivity (Wildman–Crippen MR) is 105 cm³/mol. The van der Waals surface area contributed by atoms with Gasteiger partial charge in [-0.2, -0.15) is 0 Å². The lowest BCUT2D eigenvalue weighted by Crippen LogP contribution is -2.49. The lowest BCUT2D eigenvalue weighted by atomic mass is 10.1. The van der Waals surface area contributed by atoms with Crippen LogP contribution in [0.2, 0.25) is 0 Å². The predicted octanol–water partition coefficient (Wildman–Crippen LogP) is 3.43. The molecule has 0 N–H and O–H groups in total. The molecule has 0 saturated carbocycles. The number of carbonyl (C=O) groups excluding carboxylic acids is 1. The second kappa shape index (κ2) is 7.16. The molecule has 0 radical (unpaired) electrons. The number of para-hydroxylation sites is 1. The van der Waals surface area contributed by atoms with Gasteiger partial charge in [0.1, 0.15) is 0 Å². The van der Waals surface area contributed by atoms with E-state index < -0.39 is 0 Å². The van der Waals surface area contributed by atoms with Crippen LogP contribution in [0.15, 0.2) is 60.8 Å². The zero-order valence-corrected chi connectivity index (χ0v) is 15.1. The molecule has 4 rings (SSSR count). The Morgan fingerprint density at radius 3 is 2.46 bits per heavy atom. The number of fused-ring (bicyclic) bond motifs is 1. The molecule has 2 aromatic carbocycles. The summed E-state index contributed by atoms with van der Waals surface area (Å²) in [7, 11) is 0. The first-order valence-corrected chi connectivity index (χ1v) is 9.13. The van der Waals surface area contributed by atoms with Gasteiger partial charge in [0.2, 0.25) is 5.91 Å². The van der Waals surface area contributed by atoms with Gasteiger partial charge < -0.3 is 9.80 Å². The molecule has 0 aliphatic carbocycles. The van der Waals surface area contributed by atoms with E-state index in [1.807, 2.05) is 29.3 Å². The van der Waals surface area contributed by atoms with Crippen LogP contribution in [0.3, 0.4) is 0 Å². The number of piperazine rings is 1. The van der Waals surface area contributed by atoms with Gasteiger partial charge in [0.05, 0.1) is 17.6 Å². The van der Waals surface area contributed by atoms with Crippen LogP contribution in [0.1, 0.15) is 11.1 Å². The standard InChI is InChI=1S/C22H23N3O/c1-17-7-9-18(10-8-17)16-21(26)25-14-12-24(13-15-25)20-6-2-4-19-5-3-11-23-22(19)20/h2-11H,12-16H2,1H3. The van der Waals surface area contributed by atoms with E-state index >= 15 is 0 Å². The quantitative estimate of drug-likeness (QED) is 0.730. The molecule has 1 amide bonds. The molecule has 4 heteroatoms. The van der Waals surface area contributed by atoms with Crippen molar-refractivity contribution in [2.75, 3.05) is 31.1 Å². The number of rotatable bonds is 3. The van der Waals surface area contributed by atoms with Crippen molar-refractivity contribution in [2.24, 2.45) is 0 Å². The summed E-state index contributed by atoms with van der Waals surface area (Å²) in [6.07, 6.45) is 2.32. The highest BCUT2D eigenvalue weighted by molar-refractivity contribution is 5.90. The summed E-state index contributed by atoms with van der Waals surface area (Å²) in [6, 6.07) is 18.6. The number of aryl methyl sites for hydroxylation is 1. The molecule has 1 aliphatic heterocycles. The largest absolute Gasteiger partial charge is 0.366 e. The molecule has 0 atom stereocenters. The van der Waals surface area contributed by atoms with E-state index in [1.54, 1.807) is 0 Å². The number of aromatic nitrogens is 1. The summed E-state index contributed by atoms with van der Waals surface area (Å²) >= 11 is 0. The number of benzene rings is 2. The fraction of sp³-hybridized carbons (Fsp3) is 0.273. The summed E-state index contributed by atoms with van der Waals surface area (Å²) in [5.41, 5.74) is 4.50. The molecule has 132 valence electrons. The van der Waals surface area contributed by atoms with Crippen LogP contribution in [0.25, 0.3) is 10.9 Å². The third-order valence-electron chi connectivity index (χ3n) is 5.06. The van der Waals surface area contributed by atoms with Gasteiger partial charge in [-0.3, -0.25) is 9.78 Å². The maximum absolute atomic E-state index is 12.6. The maximum Gasteiger partial charge on any atom is 0.227 e. The Bertz CT molecular complexity index is 907. The van der Waals surface area contributed by atoms with Gasteiger partial charge in [-0.05, 0) is 24.6 Å². The molecule has 0 bridgehead atoms. The number of nitrogens with zero attached hydrogens (tertiary/aromatic N) is 3. The van der Waals surface area contributed by atoms with Crippen molar-refractivity contribution in [3.8, 4) is 0 Å². The molecule has 3 aromatic rings. The van der Waals surface area contributed by atoms with Crippen molar-refractivity contribution >= 4 is 22.5 Å². The van der Waals surface area contributed by atoms with Gasteiger partial charge in [-0.1, -0.05) is 48.0 Å². The van der Waals surface area contributed by atoms with Crippen molar-refractivity contribution in [2.45, 2.75) is 13.3 Å². The molecule has 0 unspecified atom stereocenters. The summed E-state index contributed by atoms with van der Waals surface area (Å²) in [5, 5.41) is 1.16. The smallest absolute Gasteiger partial charge is 0.227 e. The average molecular weight is 345 g/mol. The normalized spacial score (nSPS) is 14.7. The lowest BCUT2D eigenvalue weighted by Gasteiger charge is -2.36. The molecule has 1 aliphatic rings. The molecule has 1 saturated heterocycles. The van der Waals surface area contributed by atoms with E-state index in [0.29, 0.717) is 6.42 Å². The molecular formula is C22H23N3O. The first-order chi connectivity index (χ1) is 12.7. The minimum absolute atomic E-state index is 0.213. The van der Waals surface area contributed by atoms with Crippen LogP contribution < -0.4 is 4.90 Å². The third-order valence-corrected chi connectivity index (χ3v) is 5.06. The number of hydrogen-bond acceptors (Lipinski definition) is 3. The van der Waals surface area contributed by atoms with Crippen LogP contribution >= 0.6 is 0 Å². The SMILES string of the molecule is Cc1ccc(CC(=O)N2CCN(c3cccc4cccnc34)CC2)cc1. The minimum Gasteiger partial charge on any atom is -0.366 e. The van der Waals surface area contributed by atoms with Crippen LogP contribution in [0.4, 0.5) is 5.69 Å². The molecule has 4 nitrogen and oxygen atoms in total. The summed E-state index contributed by atoms with van der Waals surface area (Å²) in [5.74, 6) is 0.213. The topological polar surface area (TPSA) is 36.4 Å². The molecule has 26 heavy (non-hydrogen) atoms. The summed E-state index contributed by atoms with van der Waals surface area (Å²) < 4.78 is 0. The second-order valence-corrected chi connectivity index (χ2v) is 6.88. The fourth-order valence-electron chi connectivity index (χ4n) is 3.53. The maximum atomic E-state index is 12.6. The van der Waals surface area contributed by atoms with Gasteiger partial charge in [-0.15, -0.1) is 0 Å². The Morgan fingerprint density at radius 1 is 0.962 bits per heavy atom. The van der Waals surface area contributed by atoms with E-state index in [1.165, 1.54) is 5.56 Å². The number of anilines is 1. The highest BCUT2D eigenvalue weighted by Gasteiger charge is 2.22. The monoisotopic (exact) mass is 345 g/mol. The summed E-state index contributed by atoms with van der Waals surface area (Å²) in [6.45, 7) is 5.26. The van der Waals surface area contributed by atoms with Gasteiger partial charge in [0.25, 0.3) is 0 Å². The van der Waals surface area contributed by atoms with Crippen LogP contribution in [-0.2, 0) is 11.2 Å². The minimum atomic E-state index is 0.213. The number of carbonyl (C=O) groups is 1. The molecule has 1 aromatic heterocycles. The Morgan fingerprint density at radius 2 is 1.69 bits per heavy atom. The van der Waals surface area contributed by atoms with E-state index in [2.05, 4.69) is 53.2 Å². The van der Waals surface area contributed by atoms with Crippen LogP contribution in [-0.4, -0.2) is 42.0 Å². The van der Waals surface area contributed by atoms with Crippen LogP contribution in [0.5, 0.6) is 0 Å². The molecular weight excluding hydrogens is 322 g/mol. The van der Waals surface area contributed by atoms with Crippen molar-refractivity contribution in [1.82, 2.24) is 9.88 Å².